The molecule has 1 aromatic carbocycles. The van der Waals surface area contributed by atoms with Crippen molar-refractivity contribution in [3.05, 3.63) is 35.9 Å². The fourth-order valence-corrected chi connectivity index (χ4v) is 4.05. The van der Waals surface area contributed by atoms with Gasteiger partial charge in [-0.3, -0.25) is 14.4 Å². The summed E-state index contributed by atoms with van der Waals surface area (Å²) in [5.74, 6) is -3.54. The minimum absolute atomic E-state index is 0. The number of carbonyl (C=O) groups excluding carboxylic acids is 4. The van der Waals surface area contributed by atoms with Crippen LogP contribution in [0.3, 0.4) is 0 Å². The molecule has 1 fully saturated rings. The largest absolute Gasteiger partial charge is 1.00 e. The van der Waals surface area contributed by atoms with Crippen molar-refractivity contribution in [2.24, 2.45) is 11.8 Å². The van der Waals surface area contributed by atoms with Gasteiger partial charge in [-0.2, -0.15) is 0 Å². The van der Waals surface area contributed by atoms with Crippen LogP contribution >= 0.6 is 0 Å². The summed E-state index contributed by atoms with van der Waals surface area (Å²) in [6, 6.07) is 6.01. The first-order valence-electron chi connectivity index (χ1n) is 11.1. The van der Waals surface area contributed by atoms with Crippen LogP contribution < -0.4 is 45.5 Å². The van der Waals surface area contributed by atoms with Crippen LogP contribution in [0.15, 0.2) is 30.3 Å². The molecule has 2 rings (SSSR count). The topological polar surface area (TPSA) is 191 Å². The quantitative estimate of drug-likeness (QED) is 0.157. The zero-order chi connectivity index (χ0) is 26.2. The molecule has 14 heteroatoms. The van der Waals surface area contributed by atoms with E-state index in [0.29, 0.717) is 13.0 Å². The summed E-state index contributed by atoms with van der Waals surface area (Å²) in [5.41, 5.74) is -2.19. The van der Waals surface area contributed by atoms with Gasteiger partial charge in [-0.05, 0) is 30.7 Å². The Morgan fingerprint density at radius 1 is 1.17 bits per heavy atom. The van der Waals surface area contributed by atoms with Crippen LogP contribution in [0, 0.1) is 11.8 Å². The van der Waals surface area contributed by atoms with Crippen molar-refractivity contribution in [1.29, 1.82) is 0 Å². The van der Waals surface area contributed by atoms with E-state index in [9.17, 15) is 37.3 Å². The van der Waals surface area contributed by atoms with Crippen LogP contribution in [0.5, 0.6) is 0 Å². The molecule has 1 saturated heterocycles. The van der Waals surface area contributed by atoms with Crippen molar-refractivity contribution in [3.63, 3.8) is 0 Å². The van der Waals surface area contributed by atoms with Gasteiger partial charge in [0.25, 0.3) is 0 Å². The number of ether oxygens (including phenoxy) is 1. The van der Waals surface area contributed by atoms with Gasteiger partial charge < -0.3 is 30.3 Å². The molecule has 4 N–H and O–H groups in total. The number of benzene rings is 1. The molecule has 0 bridgehead atoms. The van der Waals surface area contributed by atoms with E-state index in [1.165, 1.54) is 0 Å². The molecule has 0 aliphatic carbocycles. The van der Waals surface area contributed by atoms with Crippen LogP contribution in [-0.2, 0) is 35.8 Å². The number of carbonyl (C=O) groups is 4. The van der Waals surface area contributed by atoms with Gasteiger partial charge in [-0.25, -0.2) is 13.2 Å². The average molecular weight is 536 g/mol. The second-order valence-corrected chi connectivity index (χ2v) is 10.1. The molecule has 1 aromatic rings. The Morgan fingerprint density at radius 2 is 1.81 bits per heavy atom. The Labute approximate surface area is 232 Å². The summed E-state index contributed by atoms with van der Waals surface area (Å²) in [6.07, 6.45) is -0.761. The average Bonchev–Trinajstić information content (AvgIpc) is 3.19. The molecule has 0 aromatic heterocycles. The molecule has 0 spiro atoms. The Bertz CT molecular complexity index is 1020. The fourth-order valence-electron chi connectivity index (χ4n) is 3.60. The predicted octanol–water partition coefficient (Wildman–Crippen LogP) is -3.22. The maximum absolute atomic E-state index is 13.0. The predicted molar refractivity (Wildman–Crippen MR) is 121 cm³/mol. The second kappa shape index (κ2) is 14.6. The third-order valence-electron chi connectivity index (χ3n) is 5.39. The maximum Gasteiger partial charge on any atom is 1.00 e. The number of hydrogen-bond acceptors (Lipinski definition) is 9. The molecule has 1 aliphatic rings. The van der Waals surface area contributed by atoms with E-state index < -0.39 is 57.2 Å². The summed E-state index contributed by atoms with van der Waals surface area (Å²) >= 11 is 0. The number of aliphatic hydroxyl groups is 1. The smallest absolute Gasteiger partial charge is 0.746 e. The van der Waals surface area contributed by atoms with Crippen molar-refractivity contribution in [2.75, 3.05) is 6.54 Å². The van der Waals surface area contributed by atoms with Crippen LogP contribution in [0.1, 0.15) is 38.7 Å². The van der Waals surface area contributed by atoms with Crippen LogP contribution in [-0.4, -0.2) is 65.8 Å². The molecule has 1 unspecified atom stereocenters. The SMILES string of the molecule is CC(C)C[C@H](NC(=O)OCc1ccccc1)C(=O)N[C@@H](C[C@H]1CCNC1=O)C(=O)C(O)S(=O)(=O)[O-].[Na+]. The van der Waals surface area contributed by atoms with Crippen LogP contribution in [0.25, 0.3) is 0 Å². The molecule has 3 amide bonds. The maximum atomic E-state index is 13.0. The van der Waals surface area contributed by atoms with Crippen molar-refractivity contribution in [3.8, 4) is 0 Å². The van der Waals surface area contributed by atoms with Gasteiger partial charge in [0.1, 0.15) is 22.8 Å². The number of Topliss-reactive ketones (excluding diaryl/α,β-unsaturated/α-hetero) is 1. The third kappa shape index (κ3) is 10.1. The molecule has 194 valence electrons. The van der Waals surface area contributed by atoms with Crippen molar-refractivity contribution in [2.45, 2.75) is 57.2 Å². The van der Waals surface area contributed by atoms with Gasteiger partial charge in [-0.1, -0.05) is 44.2 Å². The van der Waals surface area contributed by atoms with Gasteiger partial charge >= 0.3 is 35.7 Å². The minimum atomic E-state index is -5.41. The molecule has 12 nitrogen and oxygen atoms in total. The van der Waals surface area contributed by atoms with Crippen LogP contribution in [0.4, 0.5) is 4.79 Å². The van der Waals surface area contributed by atoms with Gasteiger partial charge in [0, 0.05) is 12.5 Å². The van der Waals surface area contributed by atoms with Gasteiger partial charge in [-0.15, -0.1) is 0 Å². The first kappa shape index (κ1) is 32.0. The summed E-state index contributed by atoms with van der Waals surface area (Å²) < 4.78 is 38.7. The molecule has 1 heterocycles. The second-order valence-electron chi connectivity index (χ2n) is 8.71. The molecule has 4 atom stereocenters. The van der Waals surface area contributed by atoms with E-state index in [1.54, 1.807) is 44.2 Å². The van der Waals surface area contributed by atoms with E-state index in [1.807, 2.05) is 0 Å². The number of aliphatic hydroxyl groups excluding tert-OH is 1. The number of alkyl carbamates (subject to hydrolysis) is 1. The summed E-state index contributed by atoms with van der Waals surface area (Å²) in [6.45, 7) is 3.85. The summed E-state index contributed by atoms with van der Waals surface area (Å²) in [5, 5.41) is 17.0. The molecular formula is C22H30N3NaO9S. The van der Waals surface area contributed by atoms with E-state index in [2.05, 4.69) is 16.0 Å². The summed E-state index contributed by atoms with van der Waals surface area (Å²) in [7, 11) is -5.41. The number of amides is 3. The fraction of sp³-hybridized carbons (Fsp3) is 0.545. The molecule has 0 radical (unpaired) electrons. The van der Waals surface area contributed by atoms with E-state index in [4.69, 9.17) is 4.74 Å². The van der Waals surface area contributed by atoms with E-state index in [-0.39, 0.29) is 54.9 Å². The van der Waals surface area contributed by atoms with E-state index in [0.717, 1.165) is 5.56 Å². The first-order valence-corrected chi connectivity index (χ1v) is 12.6. The van der Waals surface area contributed by atoms with Crippen molar-refractivity contribution in [1.82, 2.24) is 16.0 Å². The van der Waals surface area contributed by atoms with Crippen molar-refractivity contribution < 1.29 is 71.5 Å². The van der Waals surface area contributed by atoms with Crippen LogP contribution in [0.2, 0.25) is 0 Å². The number of ketones is 1. The standard InChI is InChI=1S/C22H31N3O9S.Na/c1-13(2)10-17(25-22(30)34-12-14-6-4-3-5-7-14)20(28)24-16(11-15-8-9-23-19(15)27)18(26)21(29)35(31,32)33;/h3-7,13,15-17,21,29H,8-12H2,1-2H3,(H,23,27)(H,24,28)(H,25,30)(H,31,32,33);/q;+1/p-1/t15-,16+,17+,21?;/m1./s1. The Hall–Kier alpha value is -2.03. The van der Waals surface area contributed by atoms with E-state index >= 15 is 0 Å². The molecular weight excluding hydrogens is 505 g/mol. The zero-order valence-electron chi connectivity index (χ0n) is 20.4. The molecule has 36 heavy (non-hydrogen) atoms. The number of rotatable bonds is 12. The molecule has 1 aliphatic heterocycles. The summed E-state index contributed by atoms with van der Waals surface area (Å²) in [4.78, 5) is 49.8. The Balaban J connectivity index is 0.00000648. The van der Waals surface area contributed by atoms with Gasteiger partial charge in [0.05, 0.1) is 6.04 Å². The number of hydrogen-bond donors (Lipinski definition) is 4. The molecule has 0 saturated carbocycles. The monoisotopic (exact) mass is 535 g/mol. The Morgan fingerprint density at radius 3 is 2.33 bits per heavy atom. The normalized spacial score (nSPS) is 17.8. The van der Waals surface area contributed by atoms with Crippen molar-refractivity contribution >= 4 is 33.8 Å². The number of nitrogens with one attached hydrogen (secondary N) is 3. The Kier molecular flexibility index (Phi) is 13.0. The zero-order valence-corrected chi connectivity index (χ0v) is 23.2. The first-order chi connectivity index (χ1) is 16.4. The van der Waals surface area contributed by atoms with Gasteiger partial charge in [0.15, 0.2) is 5.78 Å². The van der Waals surface area contributed by atoms with Gasteiger partial charge in [0.2, 0.25) is 17.3 Å². The minimum Gasteiger partial charge on any atom is -0.746 e. The third-order valence-corrected chi connectivity index (χ3v) is 6.17.